The van der Waals surface area contributed by atoms with Gasteiger partial charge in [0.05, 0.1) is 11.6 Å². The molecule has 0 fully saturated rings. The number of carbonyl (C=O) groups excluding carboxylic acids is 1. The number of nitrogens with zero attached hydrogens (tertiary/aromatic N) is 1. The fourth-order valence-electron chi connectivity index (χ4n) is 2.22. The second kappa shape index (κ2) is 7.67. The average molecular weight is 344 g/mol. The van der Waals surface area contributed by atoms with Gasteiger partial charge in [-0.15, -0.1) is 0 Å². The number of rotatable bonds is 4. The molecule has 0 spiro atoms. The third-order valence-electron chi connectivity index (χ3n) is 3.54. The van der Waals surface area contributed by atoms with Gasteiger partial charge in [-0.1, -0.05) is 42.5 Å². The first-order chi connectivity index (χ1) is 11.8. The lowest BCUT2D eigenvalue weighted by atomic mass is 10.1. The zero-order valence-electron chi connectivity index (χ0n) is 13.3. The number of hydrogen-bond donors (Lipinski definition) is 1. The first-order valence-corrected chi connectivity index (χ1v) is 7.46. The molecular weight excluding hydrogens is 329 g/mol. The van der Waals surface area contributed by atoms with E-state index in [-0.39, 0.29) is 17.2 Å². The summed E-state index contributed by atoms with van der Waals surface area (Å²) >= 11 is 0. The Hall–Kier alpha value is -3.07. The molecule has 0 aliphatic heterocycles. The lowest BCUT2D eigenvalue weighted by Crippen LogP contribution is -2.27. The summed E-state index contributed by atoms with van der Waals surface area (Å²) in [6, 6.07) is 15.0. The molecule has 25 heavy (non-hydrogen) atoms. The second-order valence-corrected chi connectivity index (χ2v) is 5.40. The molecule has 1 amide bonds. The van der Waals surface area contributed by atoms with Crippen LogP contribution in [-0.2, 0) is 11.0 Å². The fourth-order valence-corrected chi connectivity index (χ4v) is 2.22. The van der Waals surface area contributed by atoms with Crippen molar-refractivity contribution in [2.24, 2.45) is 0 Å². The normalized spacial score (nSPS) is 13.0. The third kappa shape index (κ3) is 4.95. The Morgan fingerprint density at radius 3 is 2.44 bits per heavy atom. The van der Waals surface area contributed by atoms with Crippen LogP contribution in [0.2, 0.25) is 0 Å². The number of nitrogens with one attached hydrogen (secondary N) is 1. The maximum Gasteiger partial charge on any atom is 0.416 e. The van der Waals surface area contributed by atoms with E-state index in [1.54, 1.807) is 13.0 Å². The van der Waals surface area contributed by atoms with E-state index >= 15 is 0 Å². The quantitative estimate of drug-likeness (QED) is 0.656. The maximum absolute atomic E-state index is 12.7. The van der Waals surface area contributed by atoms with Crippen LogP contribution in [0.3, 0.4) is 0 Å². The smallest absolute Gasteiger partial charge is 0.345 e. The monoisotopic (exact) mass is 344 g/mol. The van der Waals surface area contributed by atoms with Crippen molar-refractivity contribution < 1.29 is 18.0 Å². The van der Waals surface area contributed by atoms with Crippen LogP contribution in [0.4, 0.5) is 13.2 Å². The van der Waals surface area contributed by atoms with Gasteiger partial charge in [-0.2, -0.15) is 18.4 Å². The number of hydrogen-bond acceptors (Lipinski definition) is 2. The predicted molar refractivity (Wildman–Crippen MR) is 88.0 cm³/mol. The SMILES string of the molecule is CC(NC(=O)/C(C#N)=C/c1cccc(C(F)(F)F)c1)c1ccccc1. The Balaban J connectivity index is 2.20. The number of amides is 1. The van der Waals surface area contributed by atoms with E-state index in [2.05, 4.69) is 5.32 Å². The van der Waals surface area contributed by atoms with E-state index < -0.39 is 17.6 Å². The molecule has 2 aromatic rings. The van der Waals surface area contributed by atoms with Crippen LogP contribution in [0.15, 0.2) is 60.2 Å². The van der Waals surface area contributed by atoms with Crippen molar-refractivity contribution in [1.29, 1.82) is 5.26 Å². The topological polar surface area (TPSA) is 52.9 Å². The van der Waals surface area contributed by atoms with Crippen molar-refractivity contribution in [3.63, 3.8) is 0 Å². The zero-order valence-corrected chi connectivity index (χ0v) is 13.3. The number of nitriles is 1. The van der Waals surface area contributed by atoms with Crippen LogP contribution >= 0.6 is 0 Å². The number of carbonyl (C=O) groups is 1. The van der Waals surface area contributed by atoms with E-state index in [9.17, 15) is 18.0 Å². The maximum atomic E-state index is 12.7. The lowest BCUT2D eigenvalue weighted by molar-refractivity contribution is -0.137. The molecule has 1 unspecified atom stereocenters. The molecule has 0 aliphatic rings. The molecule has 0 saturated heterocycles. The molecule has 128 valence electrons. The molecule has 2 rings (SSSR count). The molecule has 0 heterocycles. The summed E-state index contributed by atoms with van der Waals surface area (Å²) in [5.41, 5.74) is -0.111. The molecule has 3 nitrogen and oxygen atoms in total. The van der Waals surface area contributed by atoms with E-state index in [0.29, 0.717) is 0 Å². The molecule has 2 aromatic carbocycles. The summed E-state index contributed by atoms with van der Waals surface area (Å²) in [7, 11) is 0. The summed E-state index contributed by atoms with van der Waals surface area (Å²) in [6.07, 6.45) is -3.34. The molecule has 0 aliphatic carbocycles. The largest absolute Gasteiger partial charge is 0.416 e. The average Bonchev–Trinajstić information content (AvgIpc) is 2.59. The number of benzene rings is 2. The number of alkyl halides is 3. The summed E-state index contributed by atoms with van der Waals surface area (Å²) in [5, 5.41) is 11.8. The standard InChI is InChI=1S/C19H15F3N2O/c1-13(15-7-3-2-4-8-15)24-18(25)16(12-23)10-14-6-5-9-17(11-14)19(20,21)22/h2-11,13H,1H3,(H,24,25)/b16-10+. The molecule has 1 atom stereocenters. The lowest BCUT2D eigenvalue weighted by Gasteiger charge is -2.14. The van der Waals surface area contributed by atoms with Crippen molar-refractivity contribution in [3.05, 3.63) is 76.9 Å². The highest BCUT2D eigenvalue weighted by molar-refractivity contribution is 6.01. The molecular formula is C19H15F3N2O. The van der Waals surface area contributed by atoms with Crippen LogP contribution in [0.5, 0.6) is 0 Å². The molecule has 0 saturated carbocycles. The highest BCUT2D eigenvalue weighted by Gasteiger charge is 2.30. The minimum atomic E-state index is -4.49. The summed E-state index contributed by atoms with van der Waals surface area (Å²) in [5.74, 6) is -0.642. The van der Waals surface area contributed by atoms with Crippen LogP contribution in [-0.4, -0.2) is 5.91 Å². The first-order valence-electron chi connectivity index (χ1n) is 7.46. The van der Waals surface area contributed by atoms with Crippen molar-refractivity contribution in [3.8, 4) is 6.07 Å². The van der Waals surface area contributed by atoms with E-state index in [0.717, 1.165) is 23.8 Å². The van der Waals surface area contributed by atoms with Crippen LogP contribution in [0, 0.1) is 11.3 Å². The Morgan fingerprint density at radius 2 is 1.84 bits per heavy atom. The van der Waals surface area contributed by atoms with Gasteiger partial charge in [0.2, 0.25) is 0 Å². The van der Waals surface area contributed by atoms with Crippen LogP contribution in [0.25, 0.3) is 6.08 Å². The first kappa shape index (κ1) is 18.3. The van der Waals surface area contributed by atoms with Crippen LogP contribution in [0.1, 0.15) is 29.7 Å². The highest BCUT2D eigenvalue weighted by Crippen LogP contribution is 2.30. The van der Waals surface area contributed by atoms with Gasteiger partial charge in [0.15, 0.2) is 0 Å². The van der Waals surface area contributed by atoms with Gasteiger partial charge in [-0.05, 0) is 36.3 Å². The van der Waals surface area contributed by atoms with Gasteiger partial charge in [-0.3, -0.25) is 4.79 Å². The summed E-state index contributed by atoms with van der Waals surface area (Å²) in [4.78, 5) is 12.2. The van der Waals surface area contributed by atoms with Crippen molar-refractivity contribution in [2.75, 3.05) is 0 Å². The minimum Gasteiger partial charge on any atom is -0.345 e. The van der Waals surface area contributed by atoms with E-state index in [1.165, 1.54) is 12.1 Å². The zero-order chi connectivity index (χ0) is 18.4. The van der Waals surface area contributed by atoms with Crippen molar-refractivity contribution in [1.82, 2.24) is 5.32 Å². The van der Waals surface area contributed by atoms with Crippen molar-refractivity contribution in [2.45, 2.75) is 19.1 Å². The van der Waals surface area contributed by atoms with Crippen molar-refractivity contribution >= 4 is 12.0 Å². The summed E-state index contributed by atoms with van der Waals surface area (Å²) < 4.78 is 38.2. The minimum absolute atomic E-state index is 0.133. The Labute approximate surface area is 143 Å². The van der Waals surface area contributed by atoms with E-state index in [1.807, 2.05) is 30.3 Å². The molecule has 0 aromatic heterocycles. The highest BCUT2D eigenvalue weighted by atomic mass is 19.4. The van der Waals surface area contributed by atoms with Gasteiger partial charge in [-0.25, -0.2) is 0 Å². The number of halogens is 3. The van der Waals surface area contributed by atoms with E-state index in [4.69, 9.17) is 5.26 Å². The van der Waals surface area contributed by atoms with Gasteiger partial charge in [0.25, 0.3) is 5.91 Å². The third-order valence-corrected chi connectivity index (χ3v) is 3.54. The second-order valence-electron chi connectivity index (χ2n) is 5.40. The Kier molecular flexibility index (Phi) is 5.60. The van der Waals surface area contributed by atoms with Gasteiger partial charge < -0.3 is 5.32 Å². The predicted octanol–water partition coefficient (Wildman–Crippen LogP) is 4.49. The van der Waals surface area contributed by atoms with Gasteiger partial charge in [0.1, 0.15) is 11.6 Å². The molecule has 6 heteroatoms. The summed E-state index contributed by atoms with van der Waals surface area (Å²) in [6.45, 7) is 1.76. The van der Waals surface area contributed by atoms with Gasteiger partial charge in [0, 0.05) is 0 Å². The Morgan fingerprint density at radius 1 is 1.16 bits per heavy atom. The Bertz CT molecular complexity index is 821. The van der Waals surface area contributed by atoms with Crippen LogP contribution < -0.4 is 5.32 Å². The van der Waals surface area contributed by atoms with Gasteiger partial charge >= 0.3 is 6.18 Å². The fraction of sp³-hybridized carbons (Fsp3) is 0.158. The molecule has 0 bridgehead atoms. The molecule has 1 N–H and O–H groups in total. The molecule has 0 radical (unpaired) electrons.